The van der Waals surface area contributed by atoms with Crippen molar-refractivity contribution in [3.8, 4) is 0 Å². The Bertz CT molecular complexity index is 409. The third kappa shape index (κ3) is 4.80. The molecule has 1 aromatic rings. The first kappa shape index (κ1) is 16.4. The van der Waals surface area contributed by atoms with E-state index in [-0.39, 0.29) is 19.1 Å². The van der Waals surface area contributed by atoms with E-state index in [0.29, 0.717) is 12.2 Å². The Kier molecular flexibility index (Phi) is 7.00. The fraction of sp³-hybridized carbons (Fsp3) is 0.500. The number of rotatable bonds is 8. The van der Waals surface area contributed by atoms with Crippen LogP contribution in [0.1, 0.15) is 6.92 Å². The van der Waals surface area contributed by atoms with Gasteiger partial charge < -0.3 is 25.8 Å². The zero-order chi connectivity index (χ0) is 15.0. The van der Waals surface area contributed by atoms with Crippen LogP contribution < -0.4 is 16.0 Å². The van der Waals surface area contributed by atoms with E-state index in [9.17, 15) is 4.79 Å². The van der Waals surface area contributed by atoms with E-state index in [1.165, 1.54) is 7.11 Å². The Morgan fingerprint density at radius 3 is 2.60 bits per heavy atom. The van der Waals surface area contributed by atoms with Gasteiger partial charge in [0.05, 0.1) is 13.2 Å². The number of carbonyl (C=O) groups excluding carboxylic acids is 1. The molecule has 0 aliphatic heterocycles. The Morgan fingerprint density at radius 1 is 1.45 bits per heavy atom. The Balaban J connectivity index is 2.64. The molecule has 1 aromatic carbocycles. The van der Waals surface area contributed by atoms with Crippen molar-refractivity contribution in [2.45, 2.75) is 13.0 Å². The number of methoxy groups -OCH3 is 1. The molecule has 0 saturated heterocycles. The Morgan fingerprint density at radius 2 is 2.10 bits per heavy atom. The van der Waals surface area contributed by atoms with Gasteiger partial charge in [0.15, 0.2) is 0 Å². The average Bonchev–Trinajstić information content (AvgIpc) is 2.46. The summed E-state index contributed by atoms with van der Waals surface area (Å²) >= 11 is 0. The van der Waals surface area contributed by atoms with E-state index in [1.54, 1.807) is 0 Å². The van der Waals surface area contributed by atoms with Gasteiger partial charge in [-0.05, 0) is 31.2 Å². The van der Waals surface area contributed by atoms with E-state index >= 15 is 0 Å². The number of ether oxygens (including phenoxy) is 1. The number of likely N-dealkylation sites (N-methyl/N-ethyl adjacent to an activating group) is 1. The lowest BCUT2D eigenvalue weighted by Gasteiger charge is -2.22. The van der Waals surface area contributed by atoms with Crippen molar-refractivity contribution in [2.24, 2.45) is 5.73 Å². The molecule has 0 heterocycles. The monoisotopic (exact) mass is 281 g/mol. The second-order valence-corrected chi connectivity index (χ2v) is 4.40. The Labute approximate surface area is 119 Å². The second-order valence-electron chi connectivity index (χ2n) is 4.40. The van der Waals surface area contributed by atoms with Gasteiger partial charge in [0.25, 0.3) is 0 Å². The van der Waals surface area contributed by atoms with E-state index < -0.39 is 6.04 Å². The van der Waals surface area contributed by atoms with Gasteiger partial charge in [-0.15, -0.1) is 0 Å². The molecular formula is C14H23N3O3. The van der Waals surface area contributed by atoms with Crippen LogP contribution in [-0.2, 0) is 9.53 Å². The standard InChI is InChI=1S/C14H23N3O3/c1-3-17(8-9-18)12-6-4-11(5-7-12)16-14(19)13(15)10-20-2/h4-7,13,18H,3,8-10,15H2,1-2H3,(H,16,19). The van der Waals surface area contributed by atoms with E-state index in [1.807, 2.05) is 36.1 Å². The third-order valence-electron chi connectivity index (χ3n) is 2.93. The molecule has 4 N–H and O–H groups in total. The number of nitrogens with zero attached hydrogens (tertiary/aromatic N) is 1. The lowest BCUT2D eigenvalue weighted by Crippen LogP contribution is -2.39. The summed E-state index contributed by atoms with van der Waals surface area (Å²) in [6.07, 6.45) is 0. The van der Waals surface area contributed by atoms with Gasteiger partial charge in [0.1, 0.15) is 6.04 Å². The lowest BCUT2D eigenvalue weighted by molar-refractivity contribution is -0.118. The molecule has 0 radical (unpaired) electrons. The number of anilines is 2. The van der Waals surface area contributed by atoms with Crippen LogP contribution in [0.2, 0.25) is 0 Å². The predicted molar refractivity (Wildman–Crippen MR) is 79.9 cm³/mol. The van der Waals surface area contributed by atoms with Crippen LogP contribution in [0.15, 0.2) is 24.3 Å². The van der Waals surface area contributed by atoms with Crippen LogP contribution >= 0.6 is 0 Å². The van der Waals surface area contributed by atoms with Gasteiger partial charge >= 0.3 is 0 Å². The maximum atomic E-state index is 11.7. The summed E-state index contributed by atoms with van der Waals surface area (Å²) < 4.78 is 4.84. The zero-order valence-corrected chi connectivity index (χ0v) is 12.0. The lowest BCUT2D eigenvalue weighted by atomic mass is 10.2. The minimum absolute atomic E-state index is 0.109. The van der Waals surface area contributed by atoms with Gasteiger partial charge in [-0.3, -0.25) is 4.79 Å². The largest absolute Gasteiger partial charge is 0.395 e. The first-order valence-electron chi connectivity index (χ1n) is 6.63. The number of amides is 1. The molecule has 0 aliphatic rings. The number of carbonyl (C=O) groups is 1. The van der Waals surface area contributed by atoms with Crippen LogP contribution in [-0.4, -0.2) is 50.5 Å². The second kappa shape index (κ2) is 8.52. The first-order valence-corrected chi connectivity index (χ1v) is 6.63. The van der Waals surface area contributed by atoms with Crippen molar-refractivity contribution in [2.75, 3.05) is 43.6 Å². The van der Waals surface area contributed by atoms with Crippen molar-refractivity contribution < 1.29 is 14.6 Å². The molecule has 0 spiro atoms. The maximum Gasteiger partial charge on any atom is 0.243 e. The third-order valence-corrected chi connectivity index (χ3v) is 2.93. The van der Waals surface area contributed by atoms with Gasteiger partial charge in [0.2, 0.25) is 5.91 Å². The smallest absolute Gasteiger partial charge is 0.243 e. The molecule has 0 aromatic heterocycles. The van der Waals surface area contributed by atoms with Crippen molar-refractivity contribution >= 4 is 17.3 Å². The fourth-order valence-corrected chi connectivity index (χ4v) is 1.84. The molecule has 20 heavy (non-hydrogen) atoms. The van der Waals surface area contributed by atoms with E-state index in [0.717, 1.165) is 12.2 Å². The van der Waals surface area contributed by atoms with E-state index in [4.69, 9.17) is 15.6 Å². The number of nitrogens with two attached hydrogens (primary N) is 1. The summed E-state index contributed by atoms with van der Waals surface area (Å²) in [5.74, 6) is -0.276. The van der Waals surface area contributed by atoms with Crippen LogP contribution in [0.3, 0.4) is 0 Å². The zero-order valence-electron chi connectivity index (χ0n) is 12.0. The summed E-state index contributed by atoms with van der Waals surface area (Å²) in [4.78, 5) is 13.8. The molecule has 1 unspecified atom stereocenters. The summed E-state index contributed by atoms with van der Waals surface area (Å²) in [6.45, 7) is 3.71. The Hall–Kier alpha value is -1.63. The molecule has 0 bridgehead atoms. The van der Waals surface area contributed by atoms with Gasteiger partial charge in [-0.1, -0.05) is 0 Å². The SMILES string of the molecule is CCN(CCO)c1ccc(NC(=O)C(N)COC)cc1. The highest BCUT2D eigenvalue weighted by molar-refractivity contribution is 5.94. The maximum absolute atomic E-state index is 11.7. The number of hydrogen-bond donors (Lipinski definition) is 3. The molecule has 1 amide bonds. The topological polar surface area (TPSA) is 87.8 Å². The summed E-state index contributed by atoms with van der Waals surface area (Å²) in [6, 6.07) is 6.74. The average molecular weight is 281 g/mol. The highest BCUT2D eigenvalue weighted by Crippen LogP contribution is 2.17. The quantitative estimate of drug-likeness (QED) is 0.642. The highest BCUT2D eigenvalue weighted by atomic mass is 16.5. The minimum Gasteiger partial charge on any atom is -0.395 e. The van der Waals surface area contributed by atoms with Crippen molar-refractivity contribution in [3.63, 3.8) is 0 Å². The molecule has 1 atom stereocenters. The summed E-state index contributed by atoms with van der Waals surface area (Å²) in [5, 5.41) is 11.7. The van der Waals surface area contributed by atoms with Crippen LogP contribution in [0.25, 0.3) is 0 Å². The van der Waals surface area contributed by atoms with Crippen LogP contribution in [0, 0.1) is 0 Å². The van der Waals surface area contributed by atoms with Gasteiger partial charge in [-0.2, -0.15) is 0 Å². The number of aliphatic hydroxyl groups excluding tert-OH is 1. The number of nitrogens with one attached hydrogen (secondary N) is 1. The molecule has 0 saturated carbocycles. The molecule has 0 fully saturated rings. The number of aliphatic hydroxyl groups is 1. The van der Waals surface area contributed by atoms with E-state index in [2.05, 4.69) is 5.32 Å². The van der Waals surface area contributed by atoms with Gasteiger partial charge in [-0.25, -0.2) is 0 Å². The molecular weight excluding hydrogens is 258 g/mol. The minimum atomic E-state index is -0.679. The normalized spacial score (nSPS) is 12.0. The summed E-state index contributed by atoms with van der Waals surface area (Å²) in [7, 11) is 1.50. The predicted octanol–water partition coefficient (Wildman–Crippen LogP) is 0.417. The van der Waals surface area contributed by atoms with Crippen molar-refractivity contribution in [1.82, 2.24) is 0 Å². The van der Waals surface area contributed by atoms with Crippen LogP contribution in [0.5, 0.6) is 0 Å². The fourth-order valence-electron chi connectivity index (χ4n) is 1.84. The molecule has 0 aliphatic carbocycles. The van der Waals surface area contributed by atoms with Gasteiger partial charge in [0, 0.05) is 31.6 Å². The molecule has 6 heteroatoms. The summed E-state index contributed by atoms with van der Waals surface area (Å²) in [5.41, 5.74) is 7.33. The number of hydrogen-bond acceptors (Lipinski definition) is 5. The molecule has 6 nitrogen and oxygen atoms in total. The highest BCUT2D eigenvalue weighted by Gasteiger charge is 2.13. The van der Waals surface area contributed by atoms with Crippen LogP contribution in [0.4, 0.5) is 11.4 Å². The van der Waals surface area contributed by atoms with Crippen molar-refractivity contribution in [3.05, 3.63) is 24.3 Å². The molecule has 112 valence electrons. The number of benzene rings is 1. The molecule has 1 rings (SSSR count). The van der Waals surface area contributed by atoms with Crippen molar-refractivity contribution in [1.29, 1.82) is 0 Å². The first-order chi connectivity index (χ1) is 9.62.